The maximum atomic E-state index is 10.6. The minimum atomic E-state index is -0.311. The minimum absolute atomic E-state index is 0.0491. The van der Waals surface area contributed by atoms with E-state index in [2.05, 4.69) is 27.7 Å². The van der Waals surface area contributed by atoms with Gasteiger partial charge in [-0.1, -0.05) is 13.8 Å². The van der Waals surface area contributed by atoms with Crippen LogP contribution >= 0.6 is 0 Å². The van der Waals surface area contributed by atoms with Crippen LogP contribution < -0.4 is 0 Å². The average molecular weight is 254 g/mol. The quantitative estimate of drug-likeness (QED) is 0.731. The molecule has 3 heteroatoms. The van der Waals surface area contributed by atoms with Crippen molar-refractivity contribution in [3.63, 3.8) is 0 Å². The van der Waals surface area contributed by atoms with Gasteiger partial charge in [-0.15, -0.1) is 0 Å². The molecule has 1 saturated carbocycles. The van der Waals surface area contributed by atoms with Crippen LogP contribution in [0.5, 0.6) is 0 Å². The molecule has 3 aliphatic rings. The second-order valence-electron chi connectivity index (χ2n) is 7.25. The fourth-order valence-electron chi connectivity index (χ4n) is 3.76. The van der Waals surface area contributed by atoms with Gasteiger partial charge in [-0.3, -0.25) is 0 Å². The predicted molar refractivity (Wildman–Crippen MR) is 69.4 cm³/mol. The third-order valence-electron chi connectivity index (χ3n) is 5.46. The second kappa shape index (κ2) is 3.94. The van der Waals surface area contributed by atoms with Gasteiger partial charge in [0.25, 0.3) is 0 Å². The molecule has 1 aliphatic carbocycles. The Balaban J connectivity index is 1.77. The highest BCUT2D eigenvalue weighted by molar-refractivity contribution is 5.09. The van der Waals surface area contributed by atoms with Gasteiger partial charge in [0, 0.05) is 0 Å². The molecular formula is C15H26O3. The van der Waals surface area contributed by atoms with E-state index in [0.717, 1.165) is 25.7 Å². The summed E-state index contributed by atoms with van der Waals surface area (Å²) in [6, 6.07) is 0. The van der Waals surface area contributed by atoms with Crippen molar-refractivity contribution in [2.75, 3.05) is 0 Å². The lowest BCUT2D eigenvalue weighted by Crippen LogP contribution is -2.35. The van der Waals surface area contributed by atoms with E-state index in [0.29, 0.717) is 17.9 Å². The first-order valence-corrected chi connectivity index (χ1v) is 7.39. The standard InChI is InChI=1S/C15H26O3/c1-9(2)10-5-7-14(3)11(17-14)6-8-15(4)13(18-15)12(10)16/h9-13,16H,5-8H2,1-4H3/t10-,11+,12+,13-,14+,15-/m0/s1. The molecule has 2 heterocycles. The molecule has 0 amide bonds. The van der Waals surface area contributed by atoms with Gasteiger partial charge in [0.15, 0.2) is 0 Å². The Bertz CT molecular complexity index is 343. The maximum absolute atomic E-state index is 10.6. The minimum Gasteiger partial charge on any atom is -0.390 e. The average Bonchev–Trinajstić information content (AvgIpc) is 3.12. The molecule has 1 N–H and O–H groups in total. The molecule has 0 aromatic carbocycles. The van der Waals surface area contributed by atoms with Crippen molar-refractivity contribution in [2.45, 2.75) is 82.9 Å². The summed E-state index contributed by atoms with van der Waals surface area (Å²) in [5.74, 6) is 0.824. The third kappa shape index (κ3) is 2.00. The van der Waals surface area contributed by atoms with Gasteiger partial charge in [-0.25, -0.2) is 0 Å². The van der Waals surface area contributed by atoms with Crippen LogP contribution in [0.2, 0.25) is 0 Å². The molecule has 0 unspecified atom stereocenters. The Kier molecular flexibility index (Phi) is 2.82. The summed E-state index contributed by atoms with van der Waals surface area (Å²) < 4.78 is 11.7. The van der Waals surface area contributed by atoms with Crippen LogP contribution in [0.25, 0.3) is 0 Å². The number of hydrogen-bond acceptors (Lipinski definition) is 3. The highest BCUT2D eigenvalue weighted by atomic mass is 16.6. The van der Waals surface area contributed by atoms with E-state index < -0.39 is 0 Å². The van der Waals surface area contributed by atoms with Gasteiger partial charge in [-0.05, 0) is 51.4 Å². The molecule has 104 valence electrons. The monoisotopic (exact) mass is 254 g/mol. The van der Waals surface area contributed by atoms with Crippen molar-refractivity contribution in [1.82, 2.24) is 0 Å². The largest absolute Gasteiger partial charge is 0.390 e. The first-order chi connectivity index (χ1) is 8.36. The predicted octanol–water partition coefficient (Wildman–Crippen LogP) is 2.51. The van der Waals surface area contributed by atoms with E-state index in [1.54, 1.807) is 0 Å². The Labute approximate surface area is 110 Å². The smallest absolute Gasteiger partial charge is 0.113 e. The summed E-state index contributed by atoms with van der Waals surface area (Å²) in [6.45, 7) is 8.76. The Morgan fingerprint density at radius 3 is 2.39 bits per heavy atom. The Morgan fingerprint density at radius 1 is 1.06 bits per heavy atom. The van der Waals surface area contributed by atoms with E-state index >= 15 is 0 Å². The van der Waals surface area contributed by atoms with E-state index in [-0.39, 0.29) is 23.4 Å². The van der Waals surface area contributed by atoms with Crippen molar-refractivity contribution in [1.29, 1.82) is 0 Å². The van der Waals surface area contributed by atoms with Crippen LogP contribution in [0.15, 0.2) is 0 Å². The summed E-state index contributed by atoms with van der Waals surface area (Å²) in [5, 5.41) is 10.6. The molecule has 3 rings (SSSR count). The van der Waals surface area contributed by atoms with E-state index in [1.165, 1.54) is 0 Å². The van der Waals surface area contributed by atoms with Crippen molar-refractivity contribution < 1.29 is 14.6 Å². The Hall–Kier alpha value is -0.120. The molecule has 2 saturated heterocycles. The van der Waals surface area contributed by atoms with Crippen LogP contribution in [0, 0.1) is 11.8 Å². The van der Waals surface area contributed by atoms with Crippen molar-refractivity contribution in [3.05, 3.63) is 0 Å². The lowest BCUT2D eigenvalue weighted by Gasteiger charge is -2.27. The summed E-state index contributed by atoms with van der Waals surface area (Å²) in [5.41, 5.74) is -0.0261. The van der Waals surface area contributed by atoms with Crippen molar-refractivity contribution >= 4 is 0 Å². The molecule has 0 bridgehead atoms. The van der Waals surface area contributed by atoms with Crippen LogP contribution in [-0.2, 0) is 9.47 Å². The number of hydrogen-bond donors (Lipinski definition) is 1. The number of fused-ring (bicyclic) bond motifs is 2. The zero-order chi connectivity index (χ0) is 13.1. The van der Waals surface area contributed by atoms with E-state index in [9.17, 15) is 5.11 Å². The molecule has 2 aliphatic heterocycles. The molecule has 3 nitrogen and oxygen atoms in total. The number of rotatable bonds is 1. The van der Waals surface area contributed by atoms with Crippen molar-refractivity contribution in [2.24, 2.45) is 11.8 Å². The van der Waals surface area contributed by atoms with Crippen LogP contribution in [0.3, 0.4) is 0 Å². The first kappa shape index (κ1) is 12.9. The molecule has 0 radical (unpaired) electrons. The molecule has 18 heavy (non-hydrogen) atoms. The molecule has 0 aromatic rings. The summed E-state index contributed by atoms with van der Waals surface area (Å²) in [4.78, 5) is 0. The molecule has 0 spiro atoms. The van der Waals surface area contributed by atoms with E-state index in [1.807, 2.05) is 0 Å². The zero-order valence-electron chi connectivity index (χ0n) is 12.0. The summed E-state index contributed by atoms with van der Waals surface area (Å²) >= 11 is 0. The van der Waals surface area contributed by atoms with Gasteiger partial charge in [0.2, 0.25) is 0 Å². The van der Waals surface area contributed by atoms with Gasteiger partial charge in [0.05, 0.1) is 23.4 Å². The van der Waals surface area contributed by atoms with Crippen LogP contribution in [-0.4, -0.2) is 34.6 Å². The fourth-order valence-corrected chi connectivity index (χ4v) is 3.76. The molecular weight excluding hydrogens is 228 g/mol. The number of ether oxygens (including phenoxy) is 2. The van der Waals surface area contributed by atoms with Crippen molar-refractivity contribution in [3.8, 4) is 0 Å². The third-order valence-corrected chi connectivity index (χ3v) is 5.46. The number of aliphatic hydroxyl groups is 1. The lowest BCUT2D eigenvalue weighted by molar-refractivity contribution is 0.0461. The fraction of sp³-hybridized carbons (Fsp3) is 1.00. The first-order valence-electron chi connectivity index (χ1n) is 7.39. The molecule has 6 atom stereocenters. The topological polar surface area (TPSA) is 45.3 Å². The molecule has 0 aromatic heterocycles. The second-order valence-corrected chi connectivity index (χ2v) is 7.25. The zero-order valence-corrected chi connectivity index (χ0v) is 12.0. The van der Waals surface area contributed by atoms with Gasteiger partial charge in [-0.2, -0.15) is 0 Å². The number of epoxide rings is 2. The van der Waals surface area contributed by atoms with Gasteiger partial charge < -0.3 is 14.6 Å². The highest BCUT2D eigenvalue weighted by Crippen LogP contribution is 2.52. The van der Waals surface area contributed by atoms with Crippen LogP contribution in [0.4, 0.5) is 0 Å². The molecule has 3 fully saturated rings. The maximum Gasteiger partial charge on any atom is 0.113 e. The summed E-state index contributed by atoms with van der Waals surface area (Å²) in [7, 11) is 0. The SMILES string of the molecule is CC(C)[C@@H]1CC[C@@]2(C)O[C@@H]2CC[C@]2(C)O[C@H]2[C@@H]1O. The normalized spacial score (nSPS) is 55.7. The van der Waals surface area contributed by atoms with Crippen LogP contribution in [0.1, 0.15) is 53.4 Å². The Morgan fingerprint density at radius 2 is 1.72 bits per heavy atom. The van der Waals surface area contributed by atoms with Gasteiger partial charge in [0.1, 0.15) is 6.10 Å². The summed E-state index contributed by atoms with van der Waals surface area (Å²) in [6.07, 6.45) is 4.36. The lowest BCUT2D eigenvalue weighted by atomic mass is 9.78. The highest BCUT2D eigenvalue weighted by Gasteiger charge is 2.61. The van der Waals surface area contributed by atoms with Gasteiger partial charge >= 0.3 is 0 Å². The van der Waals surface area contributed by atoms with E-state index in [4.69, 9.17) is 9.47 Å². The number of aliphatic hydroxyl groups excluding tert-OH is 1.